The summed E-state index contributed by atoms with van der Waals surface area (Å²) < 4.78 is 6.10. The van der Waals surface area contributed by atoms with E-state index < -0.39 is 0 Å². The third-order valence-corrected chi connectivity index (χ3v) is 4.72. The molecule has 0 aliphatic heterocycles. The van der Waals surface area contributed by atoms with Gasteiger partial charge in [0.25, 0.3) is 0 Å². The lowest BCUT2D eigenvalue weighted by molar-refractivity contribution is 0.479. The summed E-state index contributed by atoms with van der Waals surface area (Å²) in [6.45, 7) is 4.25. The molecule has 3 nitrogen and oxygen atoms in total. The van der Waals surface area contributed by atoms with Crippen LogP contribution in [-0.4, -0.2) is 10.2 Å². The standard InChI is InChI=1S/C24H22N2O/c1-3-19(13-18-10-12-23-21(14-18)16-25-26-23)20-11-9-17(2)24(15-20)27-22-7-5-4-6-8-22/h4-16H,3H2,1-2H3,(H,25,26)/b19-13+. The number of nitrogens with zero attached hydrogens (tertiary/aromatic N) is 1. The van der Waals surface area contributed by atoms with E-state index in [1.54, 1.807) is 0 Å². The maximum Gasteiger partial charge on any atom is 0.130 e. The van der Waals surface area contributed by atoms with Crippen molar-refractivity contribution in [3.8, 4) is 11.5 Å². The quantitative estimate of drug-likeness (QED) is 0.409. The average Bonchev–Trinajstić information content (AvgIpc) is 3.16. The predicted molar refractivity (Wildman–Crippen MR) is 112 cm³/mol. The Morgan fingerprint density at radius 3 is 2.70 bits per heavy atom. The van der Waals surface area contributed by atoms with Crippen LogP contribution in [0, 0.1) is 6.92 Å². The number of allylic oxidation sites excluding steroid dienone is 1. The second-order valence-corrected chi connectivity index (χ2v) is 6.64. The van der Waals surface area contributed by atoms with Gasteiger partial charge in [0.15, 0.2) is 0 Å². The minimum absolute atomic E-state index is 0.852. The molecule has 0 radical (unpaired) electrons. The van der Waals surface area contributed by atoms with E-state index in [-0.39, 0.29) is 0 Å². The van der Waals surface area contributed by atoms with Gasteiger partial charge in [-0.05, 0) is 65.9 Å². The van der Waals surface area contributed by atoms with Gasteiger partial charge >= 0.3 is 0 Å². The highest BCUT2D eigenvalue weighted by atomic mass is 16.5. The first-order valence-electron chi connectivity index (χ1n) is 9.20. The van der Waals surface area contributed by atoms with Gasteiger partial charge in [0.05, 0.1) is 11.7 Å². The smallest absolute Gasteiger partial charge is 0.130 e. The molecule has 4 rings (SSSR count). The summed E-state index contributed by atoms with van der Waals surface area (Å²) in [6, 6.07) is 22.7. The van der Waals surface area contributed by atoms with Crippen molar-refractivity contribution in [3.05, 3.63) is 89.6 Å². The molecule has 3 heteroatoms. The minimum atomic E-state index is 0.852. The van der Waals surface area contributed by atoms with Crippen LogP contribution >= 0.6 is 0 Å². The highest BCUT2D eigenvalue weighted by molar-refractivity contribution is 5.86. The van der Waals surface area contributed by atoms with Gasteiger partial charge in [-0.1, -0.05) is 49.4 Å². The molecular weight excluding hydrogens is 332 g/mol. The summed E-state index contributed by atoms with van der Waals surface area (Å²) in [5, 5.41) is 8.22. The number of rotatable bonds is 5. The Hall–Kier alpha value is -3.33. The summed E-state index contributed by atoms with van der Waals surface area (Å²) in [5.41, 5.74) is 5.81. The average molecular weight is 354 g/mol. The molecule has 0 fully saturated rings. The van der Waals surface area contributed by atoms with Gasteiger partial charge in [-0.15, -0.1) is 0 Å². The highest BCUT2D eigenvalue weighted by Crippen LogP contribution is 2.30. The first-order chi connectivity index (χ1) is 13.2. The van der Waals surface area contributed by atoms with Gasteiger partial charge in [0, 0.05) is 5.39 Å². The number of para-hydroxylation sites is 1. The topological polar surface area (TPSA) is 37.9 Å². The molecule has 27 heavy (non-hydrogen) atoms. The SMILES string of the molecule is CC/C(=C\c1ccc2[nH]ncc2c1)c1ccc(C)c(Oc2ccccc2)c1. The molecular formula is C24H22N2O. The van der Waals surface area contributed by atoms with E-state index in [0.29, 0.717) is 0 Å². The first-order valence-corrected chi connectivity index (χ1v) is 9.20. The van der Waals surface area contributed by atoms with Gasteiger partial charge in [-0.25, -0.2) is 0 Å². The molecule has 0 saturated carbocycles. The second-order valence-electron chi connectivity index (χ2n) is 6.64. The van der Waals surface area contributed by atoms with Crippen LogP contribution in [-0.2, 0) is 0 Å². The van der Waals surface area contributed by atoms with Crippen LogP contribution in [0.4, 0.5) is 0 Å². The number of hydrogen-bond donors (Lipinski definition) is 1. The van der Waals surface area contributed by atoms with Gasteiger partial charge < -0.3 is 4.74 Å². The highest BCUT2D eigenvalue weighted by Gasteiger charge is 2.07. The molecule has 4 aromatic rings. The first kappa shape index (κ1) is 17.1. The largest absolute Gasteiger partial charge is 0.457 e. The van der Waals surface area contributed by atoms with Crippen LogP contribution in [0.2, 0.25) is 0 Å². The normalized spacial score (nSPS) is 11.7. The fraction of sp³-hybridized carbons (Fsp3) is 0.125. The minimum Gasteiger partial charge on any atom is -0.457 e. The number of aromatic amines is 1. The number of aromatic nitrogens is 2. The summed E-state index contributed by atoms with van der Waals surface area (Å²) in [5.74, 6) is 1.74. The van der Waals surface area contributed by atoms with Crippen LogP contribution in [0.15, 0.2) is 72.9 Å². The predicted octanol–water partition coefficient (Wildman–Crippen LogP) is 6.61. The van der Waals surface area contributed by atoms with Gasteiger partial charge in [0.2, 0.25) is 0 Å². The van der Waals surface area contributed by atoms with Crippen LogP contribution in [0.3, 0.4) is 0 Å². The van der Waals surface area contributed by atoms with Crippen LogP contribution in [0.5, 0.6) is 11.5 Å². The third kappa shape index (κ3) is 3.77. The fourth-order valence-electron chi connectivity index (χ4n) is 3.17. The molecule has 1 N–H and O–H groups in total. The second kappa shape index (κ2) is 7.50. The molecule has 0 amide bonds. The van der Waals surface area contributed by atoms with Crippen LogP contribution in [0.1, 0.15) is 30.0 Å². The Kier molecular flexibility index (Phi) is 4.75. The zero-order chi connectivity index (χ0) is 18.6. The van der Waals surface area contributed by atoms with Gasteiger partial charge in [-0.3, -0.25) is 5.10 Å². The third-order valence-electron chi connectivity index (χ3n) is 4.72. The molecule has 0 unspecified atom stereocenters. The van der Waals surface area contributed by atoms with E-state index in [0.717, 1.165) is 34.4 Å². The zero-order valence-corrected chi connectivity index (χ0v) is 15.6. The number of nitrogens with one attached hydrogen (secondary N) is 1. The molecule has 0 aliphatic rings. The van der Waals surface area contributed by atoms with Crippen molar-refractivity contribution in [2.24, 2.45) is 0 Å². The van der Waals surface area contributed by atoms with Crippen molar-refractivity contribution < 1.29 is 4.74 Å². The molecule has 0 atom stereocenters. The Bertz CT molecular complexity index is 1090. The van der Waals surface area contributed by atoms with E-state index in [1.165, 1.54) is 16.7 Å². The van der Waals surface area contributed by atoms with Crippen molar-refractivity contribution in [2.75, 3.05) is 0 Å². The summed E-state index contributed by atoms with van der Waals surface area (Å²) >= 11 is 0. The maximum atomic E-state index is 6.10. The Labute approximate surface area is 159 Å². The van der Waals surface area contributed by atoms with Gasteiger partial charge in [-0.2, -0.15) is 5.10 Å². The molecule has 0 spiro atoms. The molecule has 0 saturated heterocycles. The zero-order valence-electron chi connectivity index (χ0n) is 15.6. The number of benzene rings is 3. The lowest BCUT2D eigenvalue weighted by Crippen LogP contribution is -1.91. The number of ether oxygens (including phenoxy) is 1. The van der Waals surface area contributed by atoms with Gasteiger partial charge in [0.1, 0.15) is 11.5 Å². The van der Waals surface area contributed by atoms with Crippen molar-refractivity contribution in [3.63, 3.8) is 0 Å². The lowest BCUT2D eigenvalue weighted by Gasteiger charge is -2.12. The molecule has 1 heterocycles. The Morgan fingerprint density at radius 2 is 1.89 bits per heavy atom. The summed E-state index contributed by atoms with van der Waals surface area (Å²) in [7, 11) is 0. The van der Waals surface area contributed by atoms with Crippen molar-refractivity contribution in [2.45, 2.75) is 20.3 Å². The van der Waals surface area contributed by atoms with E-state index >= 15 is 0 Å². The van der Waals surface area contributed by atoms with E-state index in [2.05, 4.69) is 66.5 Å². The number of aryl methyl sites for hydroxylation is 1. The molecule has 3 aromatic carbocycles. The number of fused-ring (bicyclic) bond motifs is 1. The number of hydrogen-bond acceptors (Lipinski definition) is 2. The number of H-pyrrole nitrogens is 1. The fourth-order valence-corrected chi connectivity index (χ4v) is 3.17. The maximum absolute atomic E-state index is 6.10. The summed E-state index contributed by atoms with van der Waals surface area (Å²) in [6.07, 6.45) is 5.04. The van der Waals surface area contributed by atoms with E-state index in [9.17, 15) is 0 Å². The van der Waals surface area contributed by atoms with Crippen molar-refractivity contribution in [1.82, 2.24) is 10.2 Å². The van der Waals surface area contributed by atoms with Crippen molar-refractivity contribution in [1.29, 1.82) is 0 Å². The summed E-state index contributed by atoms with van der Waals surface area (Å²) in [4.78, 5) is 0. The lowest BCUT2D eigenvalue weighted by atomic mass is 9.98. The van der Waals surface area contributed by atoms with Crippen molar-refractivity contribution >= 4 is 22.6 Å². The molecule has 0 aliphatic carbocycles. The van der Waals surface area contributed by atoms with Crippen LogP contribution in [0.25, 0.3) is 22.6 Å². The molecule has 134 valence electrons. The Balaban J connectivity index is 1.68. The monoisotopic (exact) mass is 354 g/mol. The van der Waals surface area contributed by atoms with E-state index in [1.807, 2.05) is 36.5 Å². The molecule has 1 aromatic heterocycles. The Morgan fingerprint density at radius 1 is 1.04 bits per heavy atom. The van der Waals surface area contributed by atoms with E-state index in [4.69, 9.17) is 4.74 Å². The molecule has 0 bridgehead atoms. The van der Waals surface area contributed by atoms with Crippen LogP contribution < -0.4 is 4.74 Å².